The Labute approximate surface area is 123 Å². The Hall–Kier alpha value is -1.70. The number of aliphatic hydroxyl groups is 1. The first-order valence-electron chi connectivity index (χ1n) is 6.35. The Bertz CT molecular complexity index is 439. The van der Waals surface area contributed by atoms with Gasteiger partial charge in [-0.05, 0) is 26.0 Å². The normalized spacial score (nSPS) is 26.1. The lowest BCUT2D eigenvalue weighted by Crippen LogP contribution is -2.33. The number of hydrogen-bond donors (Lipinski definition) is 1. The second-order valence-corrected chi connectivity index (χ2v) is 4.82. The predicted molar refractivity (Wildman–Crippen MR) is 72.1 cm³/mol. The van der Waals surface area contributed by atoms with Gasteiger partial charge in [0.05, 0.1) is 14.2 Å². The Morgan fingerprint density at radius 3 is 2.29 bits per heavy atom. The number of aliphatic hydroxyl groups excluding tert-OH is 1. The second-order valence-electron chi connectivity index (χ2n) is 4.82. The van der Waals surface area contributed by atoms with Crippen molar-refractivity contribution in [1.82, 2.24) is 0 Å². The third kappa shape index (κ3) is 5.30. The van der Waals surface area contributed by atoms with Crippen LogP contribution in [0.5, 0.6) is 0 Å². The number of esters is 2. The molecule has 0 bridgehead atoms. The summed E-state index contributed by atoms with van der Waals surface area (Å²) in [5.74, 6) is -2.05. The number of ether oxygens (including phenoxy) is 4. The molecule has 7 nitrogen and oxygen atoms in total. The molecule has 0 spiro atoms. The van der Waals surface area contributed by atoms with Crippen LogP contribution >= 0.6 is 0 Å². The van der Waals surface area contributed by atoms with Crippen LogP contribution in [0.15, 0.2) is 24.3 Å². The van der Waals surface area contributed by atoms with E-state index in [0.717, 1.165) is 6.08 Å². The Balaban J connectivity index is 2.80. The topological polar surface area (TPSA) is 91.3 Å². The summed E-state index contributed by atoms with van der Waals surface area (Å²) in [6.07, 6.45) is 2.47. The molecule has 1 heterocycles. The van der Waals surface area contributed by atoms with E-state index in [1.54, 1.807) is 13.8 Å². The molecule has 1 fully saturated rings. The number of hydrogen-bond acceptors (Lipinski definition) is 7. The van der Waals surface area contributed by atoms with Gasteiger partial charge in [-0.1, -0.05) is 0 Å². The molecule has 1 N–H and O–H groups in total. The van der Waals surface area contributed by atoms with Gasteiger partial charge in [0.25, 0.3) is 0 Å². The smallest absolute Gasteiger partial charge is 0.330 e. The summed E-state index contributed by atoms with van der Waals surface area (Å²) in [6.45, 7) is 3.37. The maximum atomic E-state index is 11.1. The van der Waals surface area contributed by atoms with Crippen LogP contribution in [0, 0.1) is 0 Å². The monoisotopic (exact) mass is 300 g/mol. The van der Waals surface area contributed by atoms with Crippen LogP contribution in [0.4, 0.5) is 0 Å². The van der Waals surface area contributed by atoms with Gasteiger partial charge >= 0.3 is 11.9 Å². The standard InChI is InChI=1S/C14H20O7/c1-14(2)20-10(6-8-12(17)19-4)13(21-14)9(15)5-7-11(16)18-3/h5-10,13,15H,1-4H3/b7-5+,8-6+/t9-,10-,13-/m0/s1. The van der Waals surface area contributed by atoms with Gasteiger partial charge in [-0.3, -0.25) is 0 Å². The molecule has 21 heavy (non-hydrogen) atoms. The minimum Gasteiger partial charge on any atom is -0.466 e. The van der Waals surface area contributed by atoms with E-state index in [2.05, 4.69) is 9.47 Å². The molecule has 0 aromatic rings. The molecule has 3 atom stereocenters. The molecule has 1 aliphatic heterocycles. The van der Waals surface area contributed by atoms with Crippen LogP contribution < -0.4 is 0 Å². The first kappa shape index (κ1) is 17.4. The molecule has 0 aromatic carbocycles. The maximum Gasteiger partial charge on any atom is 0.330 e. The highest BCUT2D eigenvalue weighted by Gasteiger charge is 2.43. The average molecular weight is 300 g/mol. The molecular formula is C14H20O7. The van der Waals surface area contributed by atoms with Crippen molar-refractivity contribution in [3.63, 3.8) is 0 Å². The fourth-order valence-corrected chi connectivity index (χ4v) is 1.83. The van der Waals surface area contributed by atoms with Gasteiger partial charge < -0.3 is 24.1 Å². The van der Waals surface area contributed by atoms with Crippen LogP contribution in [0.1, 0.15) is 13.8 Å². The van der Waals surface area contributed by atoms with E-state index >= 15 is 0 Å². The van der Waals surface area contributed by atoms with Crippen molar-refractivity contribution in [2.24, 2.45) is 0 Å². The van der Waals surface area contributed by atoms with E-state index in [1.165, 1.54) is 32.4 Å². The predicted octanol–water partition coefficient (Wildman–Crippen LogP) is 0.326. The summed E-state index contributed by atoms with van der Waals surface area (Å²) >= 11 is 0. The Morgan fingerprint density at radius 2 is 1.71 bits per heavy atom. The molecule has 1 rings (SSSR count). The lowest BCUT2D eigenvalue weighted by molar-refractivity contribution is -0.150. The molecule has 7 heteroatoms. The summed E-state index contributed by atoms with van der Waals surface area (Å²) in [7, 11) is 2.49. The van der Waals surface area contributed by atoms with E-state index in [0.29, 0.717) is 0 Å². The Kier molecular flexibility index (Phi) is 6.07. The fourth-order valence-electron chi connectivity index (χ4n) is 1.83. The third-order valence-electron chi connectivity index (χ3n) is 2.75. The highest BCUT2D eigenvalue weighted by molar-refractivity contribution is 5.82. The molecule has 118 valence electrons. The first-order valence-corrected chi connectivity index (χ1v) is 6.35. The molecular weight excluding hydrogens is 280 g/mol. The van der Waals surface area contributed by atoms with Crippen LogP contribution in [0.3, 0.4) is 0 Å². The van der Waals surface area contributed by atoms with E-state index in [9.17, 15) is 14.7 Å². The molecule has 0 aromatic heterocycles. The number of rotatable bonds is 5. The van der Waals surface area contributed by atoms with Gasteiger partial charge in [-0.2, -0.15) is 0 Å². The van der Waals surface area contributed by atoms with E-state index in [-0.39, 0.29) is 0 Å². The van der Waals surface area contributed by atoms with Crippen molar-refractivity contribution in [2.75, 3.05) is 14.2 Å². The third-order valence-corrected chi connectivity index (χ3v) is 2.75. The van der Waals surface area contributed by atoms with Crippen molar-refractivity contribution >= 4 is 11.9 Å². The molecule has 0 radical (unpaired) electrons. The van der Waals surface area contributed by atoms with Gasteiger partial charge in [0.2, 0.25) is 0 Å². The zero-order chi connectivity index (χ0) is 16.0. The SMILES string of the molecule is COC(=O)/C=C/[C@@H]1OC(C)(C)O[C@H]1[C@@H](O)/C=C/C(=O)OC. The van der Waals surface area contributed by atoms with Gasteiger partial charge in [0.1, 0.15) is 18.3 Å². The molecule has 0 amide bonds. The van der Waals surface area contributed by atoms with Crippen molar-refractivity contribution in [3.8, 4) is 0 Å². The fraction of sp³-hybridized carbons (Fsp3) is 0.571. The van der Waals surface area contributed by atoms with Gasteiger partial charge in [0, 0.05) is 12.2 Å². The summed E-state index contributed by atoms with van der Waals surface area (Å²) < 4.78 is 20.1. The van der Waals surface area contributed by atoms with Crippen molar-refractivity contribution < 1.29 is 33.6 Å². The summed E-state index contributed by atoms with van der Waals surface area (Å²) in [6, 6.07) is 0. The van der Waals surface area contributed by atoms with Crippen molar-refractivity contribution in [3.05, 3.63) is 24.3 Å². The second kappa shape index (κ2) is 7.35. The summed E-state index contributed by atoms with van der Waals surface area (Å²) in [4.78, 5) is 22.1. The van der Waals surface area contributed by atoms with Gasteiger partial charge in [0.15, 0.2) is 5.79 Å². The highest BCUT2D eigenvalue weighted by atomic mass is 16.8. The van der Waals surface area contributed by atoms with Crippen LogP contribution in [-0.4, -0.2) is 55.4 Å². The van der Waals surface area contributed by atoms with E-state index < -0.39 is 36.0 Å². The first-order chi connectivity index (χ1) is 9.79. The van der Waals surface area contributed by atoms with E-state index in [4.69, 9.17) is 9.47 Å². The maximum absolute atomic E-state index is 11.1. The number of carbonyl (C=O) groups excluding carboxylic acids is 2. The van der Waals surface area contributed by atoms with Crippen LogP contribution in [0.25, 0.3) is 0 Å². The molecule has 0 saturated carbocycles. The molecule has 1 saturated heterocycles. The number of methoxy groups -OCH3 is 2. The van der Waals surface area contributed by atoms with Gasteiger partial charge in [-0.15, -0.1) is 0 Å². The van der Waals surface area contributed by atoms with Crippen LogP contribution in [0.2, 0.25) is 0 Å². The summed E-state index contributed by atoms with van der Waals surface area (Å²) in [5.41, 5.74) is 0. The largest absolute Gasteiger partial charge is 0.466 e. The lowest BCUT2D eigenvalue weighted by atomic mass is 10.1. The van der Waals surface area contributed by atoms with Crippen molar-refractivity contribution in [2.45, 2.75) is 37.9 Å². The quantitative estimate of drug-likeness (QED) is 0.577. The molecule has 0 unspecified atom stereocenters. The lowest BCUT2D eigenvalue weighted by Gasteiger charge is -2.18. The van der Waals surface area contributed by atoms with Crippen LogP contribution in [-0.2, 0) is 28.5 Å². The Morgan fingerprint density at radius 1 is 1.14 bits per heavy atom. The van der Waals surface area contributed by atoms with E-state index in [1.807, 2.05) is 0 Å². The average Bonchev–Trinajstić information content (AvgIpc) is 2.76. The zero-order valence-corrected chi connectivity index (χ0v) is 12.4. The number of carbonyl (C=O) groups is 2. The zero-order valence-electron chi connectivity index (χ0n) is 12.4. The molecule has 0 aliphatic carbocycles. The van der Waals surface area contributed by atoms with Crippen molar-refractivity contribution in [1.29, 1.82) is 0 Å². The summed E-state index contributed by atoms with van der Waals surface area (Å²) in [5, 5.41) is 10.1. The highest BCUT2D eigenvalue weighted by Crippen LogP contribution is 2.31. The minimum absolute atomic E-state index is 0.540. The minimum atomic E-state index is -1.10. The molecule has 1 aliphatic rings. The van der Waals surface area contributed by atoms with Gasteiger partial charge in [-0.25, -0.2) is 9.59 Å².